The number of hydrogen-bond acceptors (Lipinski definition) is 5. The summed E-state index contributed by atoms with van der Waals surface area (Å²) in [5.74, 6) is 5.83. The number of aromatic nitrogens is 3. The Morgan fingerprint density at radius 2 is 2.50 bits per heavy atom. The molecule has 0 aliphatic rings. The van der Waals surface area contributed by atoms with Crippen LogP contribution in [-0.2, 0) is 11.3 Å². The zero-order chi connectivity index (χ0) is 11.6. The van der Waals surface area contributed by atoms with Gasteiger partial charge in [-0.2, -0.15) is 0 Å². The number of hydrogen-bond donors (Lipinski definition) is 3. The third-order valence-electron chi connectivity index (χ3n) is 1.81. The van der Waals surface area contributed by atoms with Gasteiger partial charge in [0.15, 0.2) is 0 Å². The van der Waals surface area contributed by atoms with Gasteiger partial charge in [-0.1, -0.05) is 5.21 Å². The molecule has 0 atom stereocenters. The van der Waals surface area contributed by atoms with Crippen molar-refractivity contribution in [3.8, 4) is 0 Å². The SMILES string of the molecule is COCCN=C(NN)NCCn1ccnn1. The van der Waals surface area contributed by atoms with Gasteiger partial charge in [0, 0.05) is 19.9 Å². The second-order valence-corrected chi connectivity index (χ2v) is 2.96. The molecule has 0 unspecified atom stereocenters. The monoisotopic (exact) mass is 227 g/mol. The van der Waals surface area contributed by atoms with Gasteiger partial charge in [0.25, 0.3) is 0 Å². The van der Waals surface area contributed by atoms with Crippen LogP contribution in [0.4, 0.5) is 0 Å². The van der Waals surface area contributed by atoms with E-state index in [1.807, 2.05) is 0 Å². The first-order chi connectivity index (χ1) is 7.86. The highest BCUT2D eigenvalue weighted by molar-refractivity contribution is 5.79. The van der Waals surface area contributed by atoms with Crippen molar-refractivity contribution in [2.75, 3.05) is 26.8 Å². The van der Waals surface area contributed by atoms with Crippen LogP contribution < -0.4 is 16.6 Å². The molecule has 0 radical (unpaired) electrons. The van der Waals surface area contributed by atoms with Gasteiger partial charge in [0.05, 0.1) is 25.9 Å². The third-order valence-corrected chi connectivity index (χ3v) is 1.81. The normalized spacial score (nSPS) is 11.5. The molecule has 0 amide bonds. The van der Waals surface area contributed by atoms with E-state index in [4.69, 9.17) is 10.6 Å². The van der Waals surface area contributed by atoms with Gasteiger partial charge < -0.3 is 10.1 Å². The van der Waals surface area contributed by atoms with Crippen molar-refractivity contribution in [1.29, 1.82) is 0 Å². The molecule has 1 rings (SSSR count). The molecule has 16 heavy (non-hydrogen) atoms. The average Bonchev–Trinajstić information content (AvgIpc) is 2.80. The molecular formula is C8H17N7O. The van der Waals surface area contributed by atoms with E-state index < -0.39 is 0 Å². The van der Waals surface area contributed by atoms with Gasteiger partial charge in [0.2, 0.25) is 5.96 Å². The van der Waals surface area contributed by atoms with Crippen LogP contribution in [0.5, 0.6) is 0 Å². The minimum absolute atomic E-state index is 0.539. The highest BCUT2D eigenvalue weighted by Crippen LogP contribution is 1.79. The van der Waals surface area contributed by atoms with Gasteiger partial charge >= 0.3 is 0 Å². The predicted octanol–water partition coefficient (Wildman–Crippen LogP) is -1.67. The number of nitrogens with one attached hydrogen (secondary N) is 2. The van der Waals surface area contributed by atoms with E-state index in [2.05, 4.69) is 26.0 Å². The molecule has 90 valence electrons. The van der Waals surface area contributed by atoms with Crippen molar-refractivity contribution in [2.45, 2.75) is 6.54 Å². The number of methoxy groups -OCH3 is 1. The fraction of sp³-hybridized carbons (Fsp3) is 0.625. The Kier molecular flexibility index (Phi) is 5.89. The second-order valence-electron chi connectivity index (χ2n) is 2.96. The van der Waals surface area contributed by atoms with E-state index in [-0.39, 0.29) is 0 Å². The first-order valence-corrected chi connectivity index (χ1v) is 4.94. The van der Waals surface area contributed by atoms with E-state index in [1.54, 1.807) is 24.2 Å². The Labute approximate surface area is 93.8 Å². The minimum atomic E-state index is 0.539. The summed E-state index contributed by atoms with van der Waals surface area (Å²) in [5.41, 5.74) is 2.48. The maximum absolute atomic E-state index is 5.30. The van der Waals surface area contributed by atoms with Crippen LogP contribution in [0.2, 0.25) is 0 Å². The zero-order valence-corrected chi connectivity index (χ0v) is 9.26. The smallest absolute Gasteiger partial charge is 0.205 e. The van der Waals surface area contributed by atoms with Crippen molar-refractivity contribution in [3.05, 3.63) is 12.4 Å². The number of guanidine groups is 1. The molecule has 1 aromatic rings. The topological polar surface area (TPSA) is 102 Å². The lowest BCUT2D eigenvalue weighted by Crippen LogP contribution is -2.43. The van der Waals surface area contributed by atoms with Crippen LogP contribution in [0.1, 0.15) is 0 Å². The first kappa shape index (κ1) is 12.4. The summed E-state index contributed by atoms with van der Waals surface area (Å²) in [6.45, 7) is 2.49. The minimum Gasteiger partial charge on any atom is -0.383 e. The summed E-state index contributed by atoms with van der Waals surface area (Å²) in [5, 5.41) is 10.6. The highest BCUT2D eigenvalue weighted by atomic mass is 16.5. The molecule has 0 aliphatic heterocycles. The number of nitrogens with two attached hydrogens (primary N) is 1. The summed E-state index contributed by atoms with van der Waals surface area (Å²) in [4.78, 5) is 4.15. The van der Waals surface area contributed by atoms with Crippen molar-refractivity contribution in [3.63, 3.8) is 0 Å². The van der Waals surface area contributed by atoms with Gasteiger partial charge in [-0.15, -0.1) is 5.10 Å². The lowest BCUT2D eigenvalue weighted by atomic mass is 10.6. The van der Waals surface area contributed by atoms with E-state index in [1.165, 1.54) is 0 Å². The van der Waals surface area contributed by atoms with Gasteiger partial charge in [-0.05, 0) is 0 Å². The molecule has 0 bridgehead atoms. The lowest BCUT2D eigenvalue weighted by molar-refractivity contribution is 0.208. The Morgan fingerprint density at radius 3 is 3.12 bits per heavy atom. The van der Waals surface area contributed by atoms with E-state index in [0.717, 1.165) is 0 Å². The fourth-order valence-electron chi connectivity index (χ4n) is 1.04. The standard InChI is InChI=1S/C8H17N7O/c1-16-7-4-11-8(13-9)10-2-5-15-6-3-12-14-15/h3,6H,2,4-5,7,9H2,1H3,(H2,10,11,13). The Balaban J connectivity index is 2.20. The van der Waals surface area contributed by atoms with Crippen LogP contribution in [0.3, 0.4) is 0 Å². The van der Waals surface area contributed by atoms with Crippen molar-refractivity contribution < 1.29 is 4.74 Å². The predicted molar refractivity (Wildman–Crippen MR) is 59.5 cm³/mol. The molecule has 0 fully saturated rings. The average molecular weight is 227 g/mol. The Bertz CT molecular complexity index is 297. The largest absolute Gasteiger partial charge is 0.383 e. The summed E-state index contributed by atoms with van der Waals surface area (Å²) in [7, 11) is 1.63. The summed E-state index contributed by atoms with van der Waals surface area (Å²) < 4.78 is 6.59. The van der Waals surface area contributed by atoms with Crippen LogP contribution in [0.25, 0.3) is 0 Å². The Morgan fingerprint density at radius 1 is 1.62 bits per heavy atom. The molecule has 0 saturated carbocycles. The molecule has 1 heterocycles. The maximum Gasteiger partial charge on any atom is 0.205 e. The third kappa shape index (κ3) is 4.71. The summed E-state index contributed by atoms with van der Waals surface area (Å²) >= 11 is 0. The van der Waals surface area contributed by atoms with Crippen molar-refractivity contribution in [1.82, 2.24) is 25.7 Å². The number of rotatable bonds is 6. The number of aliphatic imine (C=N–C) groups is 1. The summed E-state index contributed by atoms with van der Waals surface area (Å²) in [6, 6.07) is 0. The van der Waals surface area contributed by atoms with E-state index in [9.17, 15) is 0 Å². The second kappa shape index (κ2) is 7.60. The maximum atomic E-state index is 5.30. The molecule has 8 nitrogen and oxygen atoms in total. The zero-order valence-electron chi connectivity index (χ0n) is 9.26. The molecular weight excluding hydrogens is 210 g/mol. The lowest BCUT2D eigenvalue weighted by Gasteiger charge is -2.08. The van der Waals surface area contributed by atoms with Crippen molar-refractivity contribution in [2.24, 2.45) is 10.8 Å². The highest BCUT2D eigenvalue weighted by Gasteiger charge is 1.95. The number of ether oxygens (including phenoxy) is 1. The van der Waals surface area contributed by atoms with Gasteiger partial charge in [0.1, 0.15) is 0 Å². The van der Waals surface area contributed by atoms with E-state index in [0.29, 0.717) is 32.2 Å². The summed E-state index contributed by atoms with van der Waals surface area (Å²) in [6.07, 6.45) is 3.42. The molecule has 0 aliphatic carbocycles. The Hall–Kier alpha value is -1.67. The van der Waals surface area contributed by atoms with Crippen LogP contribution in [0.15, 0.2) is 17.4 Å². The van der Waals surface area contributed by atoms with Crippen LogP contribution >= 0.6 is 0 Å². The first-order valence-electron chi connectivity index (χ1n) is 4.94. The van der Waals surface area contributed by atoms with E-state index >= 15 is 0 Å². The number of hydrazine groups is 1. The van der Waals surface area contributed by atoms with Crippen LogP contribution in [0, 0.1) is 0 Å². The molecule has 0 spiro atoms. The fourth-order valence-corrected chi connectivity index (χ4v) is 1.04. The molecule has 1 aromatic heterocycles. The van der Waals surface area contributed by atoms with Gasteiger partial charge in [-0.3, -0.25) is 10.1 Å². The molecule has 0 aromatic carbocycles. The van der Waals surface area contributed by atoms with Gasteiger partial charge in [-0.25, -0.2) is 10.8 Å². The van der Waals surface area contributed by atoms with Crippen molar-refractivity contribution >= 4 is 5.96 Å². The molecule has 8 heteroatoms. The number of nitrogens with zero attached hydrogens (tertiary/aromatic N) is 4. The molecule has 0 saturated heterocycles. The quantitative estimate of drug-likeness (QED) is 0.177. The van der Waals surface area contributed by atoms with Crippen LogP contribution in [-0.4, -0.2) is 47.8 Å². The molecule has 4 N–H and O–H groups in total.